The van der Waals surface area contributed by atoms with Gasteiger partial charge in [-0.15, -0.1) is 0 Å². The molecule has 8 nitrogen and oxygen atoms in total. The van der Waals surface area contributed by atoms with Gasteiger partial charge in [-0.25, -0.2) is 9.37 Å². The van der Waals surface area contributed by atoms with Crippen molar-refractivity contribution >= 4 is 17.4 Å². The first-order chi connectivity index (χ1) is 18.6. The number of para-hydroxylation sites is 1. The number of piperidine rings is 2. The standard InChI is InChI=1S/C29H33FN6O2/c30-25-7-4-13-33-28(25)27(34-38-24-5-2-1-3-6-24)22-11-17-36(18-12-22)29(37)23-9-15-35(16-10-23)20-21-8-14-32-26(31)19-21/h1-8,13-14,19,22-23H,9-12,15-18,20H2,(H2,31,32). The number of benzene rings is 1. The lowest BCUT2D eigenvalue weighted by atomic mass is 9.88. The number of nitrogens with zero attached hydrogens (tertiary/aromatic N) is 5. The van der Waals surface area contributed by atoms with Gasteiger partial charge in [0.1, 0.15) is 17.2 Å². The first-order valence-corrected chi connectivity index (χ1v) is 13.2. The van der Waals surface area contributed by atoms with Gasteiger partial charge in [0.05, 0.1) is 0 Å². The SMILES string of the molecule is Nc1cc(CN2CCC(C(=O)N3CCC(C(=NOc4ccccc4)c4ncccc4F)CC3)CC2)ccn1. The Kier molecular flexibility index (Phi) is 8.23. The van der Waals surface area contributed by atoms with Crippen molar-refractivity contribution in [3.05, 3.63) is 84.1 Å². The van der Waals surface area contributed by atoms with Crippen molar-refractivity contribution in [1.82, 2.24) is 19.8 Å². The van der Waals surface area contributed by atoms with Crippen LogP contribution in [0.25, 0.3) is 0 Å². The number of nitrogen functional groups attached to an aromatic ring is 1. The van der Waals surface area contributed by atoms with Crippen LogP contribution in [0.15, 0.2) is 72.1 Å². The molecule has 2 aliphatic rings. The Morgan fingerprint density at radius 3 is 2.39 bits per heavy atom. The summed E-state index contributed by atoms with van der Waals surface area (Å²) in [5.74, 6) is 0.881. The molecule has 2 saturated heterocycles. The Hall–Kier alpha value is -3.85. The number of likely N-dealkylation sites (tertiary alicyclic amines) is 2. The third-order valence-electron chi connectivity index (χ3n) is 7.38. The Bertz CT molecular complexity index is 1250. The van der Waals surface area contributed by atoms with Gasteiger partial charge in [0.2, 0.25) is 5.91 Å². The average molecular weight is 517 g/mol. The predicted molar refractivity (Wildman–Crippen MR) is 144 cm³/mol. The molecule has 0 atom stereocenters. The molecule has 0 bridgehead atoms. The van der Waals surface area contributed by atoms with Gasteiger partial charge < -0.3 is 15.5 Å². The summed E-state index contributed by atoms with van der Waals surface area (Å²) < 4.78 is 14.7. The summed E-state index contributed by atoms with van der Waals surface area (Å²) in [7, 11) is 0. The summed E-state index contributed by atoms with van der Waals surface area (Å²) >= 11 is 0. The van der Waals surface area contributed by atoms with E-state index in [0.29, 0.717) is 43.2 Å². The van der Waals surface area contributed by atoms with Crippen molar-refractivity contribution in [2.75, 3.05) is 31.9 Å². The third-order valence-corrected chi connectivity index (χ3v) is 7.38. The molecular formula is C29H33FN6O2. The van der Waals surface area contributed by atoms with Gasteiger partial charge in [0.25, 0.3) is 0 Å². The van der Waals surface area contributed by atoms with Gasteiger partial charge in [-0.05, 0) is 80.7 Å². The smallest absolute Gasteiger partial charge is 0.225 e. The minimum absolute atomic E-state index is 0.0353. The molecule has 9 heteroatoms. The fourth-order valence-corrected chi connectivity index (χ4v) is 5.29. The number of rotatable bonds is 7. The van der Waals surface area contributed by atoms with Crippen molar-refractivity contribution in [2.45, 2.75) is 32.2 Å². The van der Waals surface area contributed by atoms with Crippen LogP contribution >= 0.6 is 0 Å². The number of nitrogens with two attached hydrogens (primary N) is 1. The topological polar surface area (TPSA) is 96.9 Å². The Labute approximate surface area is 222 Å². The highest BCUT2D eigenvalue weighted by Crippen LogP contribution is 2.27. The number of aromatic nitrogens is 2. The first-order valence-electron chi connectivity index (χ1n) is 13.2. The fraction of sp³-hybridized carbons (Fsp3) is 0.379. The number of pyridine rings is 2. The molecule has 1 amide bonds. The summed E-state index contributed by atoms with van der Waals surface area (Å²) in [4.78, 5) is 31.6. The zero-order valence-corrected chi connectivity index (χ0v) is 21.4. The molecule has 2 aromatic heterocycles. The van der Waals surface area contributed by atoms with Crippen molar-refractivity contribution in [3.63, 3.8) is 0 Å². The molecule has 0 spiro atoms. The minimum atomic E-state index is -0.428. The van der Waals surface area contributed by atoms with Crippen molar-refractivity contribution in [1.29, 1.82) is 0 Å². The van der Waals surface area contributed by atoms with E-state index in [1.807, 2.05) is 35.2 Å². The molecule has 198 valence electrons. The molecule has 38 heavy (non-hydrogen) atoms. The molecule has 2 aliphatic heterocycles. The zero-order valence-electron chi connectivity index (χ0n) is 21.4. The van der Waals surface area contributed by atoms with Gasteiger partial charge in [-0.2, -0.15) is 0 Å². The molecular weight excluding hydrogens is 483 g/mol. The van der Waals surface area contributed by atoms with Crippen LogP contribution in [0.4, 0.5) is 10.2 Å². The van der Waals surface area contributed by atoms with E-state index in [9.17, 15) is 9.18 Å². The number of hydrogen-bond donors (Lipinski definition) is 1. The predicted octanol–water partition coefficient (Wildman–Crippen LogP) is 4.13. The van der Waals surface area contributed by atoms with Gasteiger partial charge in [0, 0.05) is 43.9 Å². The molecule has 0 aliphatic carbocycles. The third kappa shape index (κ3) is 6.34. The van der Waals surface area contributed by atoms with E-state index in [-0.39, 0.29) is 23.4 Å². The summed E-state index contributed by atoms with van der Waals surface area (Å²) in [6, 6.07) is 16.0. The van der Waals surface area contributed by atoms with Crippen LogP contribution in [0, 0.1) is 17.7 Å². The molecule has 3 aromatic rings. The number of oxime groups is 1. The van der Waals surface area contributed by atoms with Crippen molar-refractivity contribution < 1.29 is 14.0 Å². The molecule has 1 aromatic carbocycles. The maximum absolute atomic E-state index is 14.7. The second kappa shape index (κ2) is 12.1. The van der Waals surface area contributed by atoms with E-state index in [1.54, 1.807) is 30.6 Å². The summed E-state index contributed by atoms with van der Waals surface area (Å²) in [6.07, 6.45) is 6.34. The monoisotopic (exact) mass is 516 g/mol. The molecule has 0 saturated carbocycles. The lowest BCUT2D eigenvalue weighted by molar-refractivity contribution is -0.138. The second-order valence-electron chi connectivity index (χ2n) is 9.95. The average Bonchev–Trinajstić information content (AvgIpc) is 2.95. The minimum Gasteiger partial charge on any atom is -0.384 e. The molecule has 5 rings (SSSR count). The van der Waals surface area contributed by atoms with E-state index >= 15 is 0 Å². The van der Waals surface area contributed by atoms with Crippen LogP contribution in [0.1, 0.15) is 36.9 Å². The number of anilines is 1. The number of carbonyl (C=O) groups is 1. The van der Waals surface area contributed by atoms with Crippen LogP contribution in [-0.2, 0) is 11.3 Å². The largest absolute Gasteiger partial charge is 0.384 e. The number of hydrogen-bond acceptors (Lipinski definition) is 7. The summed E-state index contributed by atoms with van der Waals surface area (Å²) in [5, 5.41) is 4.35. The van der Waals surface area contributed by atoms with E-state index < -0.39 is 5.82 Å². The van der Waals surface area contributed by atoms with Crippen LogP contribution in [0.3, 0.4) is 0 Å². The maximum Gasteiger partial charge on any atom is 0.225 e. The molecule has 2 N–H and O–H groups in total. The van der Waals surface area contributed by atoms with Gasteiger partial charge in [-0.3, -0.25) is 14.7 Å². The Morgan fingerprint density at radius 1 is 0.947 bits per heavy atom. The maximum atomic E-state index is 14.7. The first kappa shape index (κ1) is 25.8. The summed E-state index contributed by atoms with van der Waals surface area (Å²) in [5.41, 5.74) is 7.64. The lowest BCUT2D eigenvalue weighted by Crippen LogP contribution is -2.46. The molecule has 0 unspecified atom stereocenters. The van der Waals surface area contributed by atoms with Gasteiger partial charge in [0.15, 0.2) is 11.6 Å². The lowest BCUT2D eigenvalue weighted by Gasteiger charge is -2.37. The Morgan fingerprint density at radius 2 is 1.68 bits per heavy atom. The van der Waals surface area contributed by atoms with Gasteiger partial charge >= 0.3 is 0 Å². The molecule has 4 heterocycles. The van der Waals surface area contributed by atoms with E-state index in [4.69, 9.17) is 10.6 Å². The van der Waals surface area contributed by atoms with Crippen LogP contribution in [-0.4, -0.2) is 57.6 Å². The number of carbonyl (C=O) groups excluding carboxylic acids is 1. The van der Waals surface area contributed by atoms with Crippen LogP contribution in [0.5, 0.6) is 5.75 Å². The zero-order chi connectivity index (χ0) is 26.3. The quantitative estimate of drug-likeness (QED) is 0.375. The number of amides is 1. The van der Waals surface area contributed by atoms with Crippen LogP contribution in [0.2, 0.25) is 0 Å². The second-order valence-corrected chi connectivity index (χ2v) is 9.95. The highest BCUT2D eigenvalue weighted by molar-refractivity contribution is 6.00. The van der Waals surface area contributed by atoms with E-state index in [1.165, 1.54) is 6.07 Å². The normalized spacial score (nSPS) is 17.9. The molecule has 2 fully saturated rings. The van der Waals surface area contributed by atoms with Crippen LogP contribution < -0.4 is 10.6 Å². The number of halogens is 1. The van der Waals surface area contributed by atoms with Gasteiger partial charge in [-0.1, -0.05) is 23.4 Å². The summed E-state index contributed by atoms with van der Waals surface area (Å²) in [6.45, 7) is 3.79. The van der Waals surface area contributed by atoms with E-state index in [0.717, 1.165) is 38.0 Å². The highest BCUT2D eigenvalue weighted by Gasteiger charge is 2.33. The van der Waals surface area contributed by atoms with Crippen molar-refractivity contribution in [2.24, 2.45) is 17.0 Å². The Balaban J connectivity index is 1.18. The highest BCUT2D eigenvalue weighted by atomic mass is 19.1. The molecule has 0 radical (unpaired) electrons. The fourth-order valence-electron chi connectivity index (χ4n) is 5.29. The van der Waals surface area contributed by atoms with E-state index in [2.05, 4.69) is 20.0 Å². The van der Waals surface area contributed by atoms with Crippen molar-refractivity contribution in [3.8, 4) is 5.75 Å².